The zero-order valence-corrected chi connectivity index (χ0v) is 11.4. The maximum absolute atomic E-state index is 11.1. The fourth-order valence-electron chi connectivity index (χ4n) is 1.47. The molecule has 102 valence electrons. The van der Waals surface area contributed by atoms with Crippen molar-refractivity contribution < 1.29 is 14.8 Å². The Hall–Kier alpha value is -2.12. The molecule has 20 heavy (non-hydrogen) atoms. The Kier molecular flexibility index (Phi) is 4.21. The van der Waals surface area contributed by atoms with E-state index in [1.807, 2.05) is 0 Å². The predicted molar refractivity (Wildman–Crippen MR) is 73.4 cm³/mol. The molecule has 0 spiro atoms. The molecule has 0 aliphatic heterocycles. The van der Waals surface area contributed by atoms with Gasteiger partial charge in [-0.2, -0.15) is 0 Å². The van der Waals surface area contributed by atoms with Gasteiger partial charge in [-0.1, -0.05) is 23.4 Å². The van der Waals surface area contributed by atoms with Crippen LogP contribution in [0, 0.1) is 10.1 Å². The number of benzene rings is 1. The lowest BCUT2D eigenvalue weighted by Gasteiger charge is -2.06. The Balaban J connectivity index is 2.47. The van der Waals surface area contributed by atoms with Gasteiger partial charge in [-0.15, -0.1) is 0 Å². The van der Waals surface area contributed by atoms with E-state index in [2.05, 4.69) is 4.98 Å². The van der Waals surface area contributed by atoms with Crippen molar-refractivity contribution >= 4 is 35.0 Å². The van der Waals surface area contributed by atoms with Gasteiger partial charge in [-0.25, -0.2) is 4.79 Å². The summed E-state index contributed by atoms with van der Waals surface area (Å²) >= 11 is 6.79. The van der Waals surface area contributed by atoms with E-state index in [0.29, 0.717) is 9.92 Å². The molecular weight excluding hydrogens is 304 g/mol. The molecule has 0 atom stereocenters. The molecule has 0 saturated carbocycles. The summed E-state index contributed by atoms with van der Waals surface area (Å²) in [6, 6.07) is 5.61. The number of hydrogen-bond donors (Lipinski definition) is 1. The lowest BCUT2D eigenvalue weighted by molar-refractivity contribution is -0.387. The molecule has 0 unspecified atom stereocenters. The summed E-state index contributed by atoms with van der Waals surface area (Å²) in [5, 5.41) is 20.4. The minimum Gasteiger partial charge on any atom is -0.478 e. The Bertz CT molecular complexity index is 693. The lowest BCUT2D eigenvalue weighted by Crippen LogP contribution is -1.99. The highest BCUT2D eigenvalue weighted by molar-refractivity contribution is 7.99. The first-order chi connectivity index (χ1) is 9.49. The van der Waals surface area contributed by atoms with E-state index in [0.717, 1.165) is 11.8 Å². The molecule has 2 rings (SSSR count). The van der Waals surface area contributed by atoms with E-state index in [-0.39, 0.29) is 16.1 Å². The van der Waals surface area contributed by atoms with Crippen molar-refractivity contribution in [2.75, 3.05) is 0 Å². The van der Waals surface area contributed by atoms with Gasteiger partial charge >= 0.3 is 5.97 Å². The number of aromatic nitrogens is 1. The van der Waals surface area contributed by atoms with Crippen molar-refractivity contribution in [3.8, 4) is 0 Å². The van der Waals surface area contributed by atoms with Gasteiger partial charge < -0.3 is 5.11 Å². The lowest BCUT2D eigenvalue weighted by atomic mass is 10.3. The number of carboxylic acids is 1. The van der Waals surface area contributed by atoms with Crippen LogP contribution in [0.15, 0.2) is 46.5 Å². The van der Waals surface area contributed by atoms with Gasteiger partial charge in [0.05, 0.1) is 15.4 Å². The Labute approximate surface area is 122 Å². The highest BCUT2D eigenvalue weighted by Crippen LogP contribution is 2.37. The number of rotatable bonds is 4. The number of aromatic carboxylic acids is 1. The van der Waals surface area contributed by atoms with Gasteiger partial charge in [0, 0.05) is 28.4 Å². The van der Waals surface area contributed by atoms with Crippen molar-refractivity contribution in [3.63, 3.8) is 0 Å². The molecule has 6 nitrogen and oxygen atoms in total. The number of carboxylic acid groups (broad SMARTS) is 1. The number of nitro groups is 1. The van der Waals surface area contributed by atoms with Gasteiger partial charge in [0.15, 0.2) is 0 Å². The molecule has 0 amide bonds. The van der Waals surface area contributed by atoms with E-state index < -0.39 is 10.9 Å². The Morgan fingerprint density at radius 1 is 1.35 bits per heavy atom. The number of nitrogens with zero attached hydrogens (tertiary/aromatic N) is 2. The summed E-state index contributed by atoms with van der Waals surface area (Å²) in [6.07, 6.45) is 2.62. The standard InChI is InChI=1S/C12H7ClN2O4S/c13-7-1-2-9(15(18)19)11(5-7)20-10-3-4-14-6-8(10)12(16)17/h1-6H,(H,16,17). The normalized spacial score (nSPS) is 10.2. The van der Waals surface area contributed by atoms with Gasteiger partial charge in [-0.05, 0) is 18.2 Å². The fourth-order valence-corrected chi connectivity index (χ4v) is 2.76. The maximum atomic E-state index is 11.1. The summed E-state index contributed by atoms with van der Waals surface area (Å²) in [5.41, 5.74) is -0.153. The molecule has 1 aromatic heterocycles. The van der Waals surface area contributed by atoms with Gasteiger partial charge in [-0.3, -0.25) is 15.1 Å². The zero-order valence-electron chi connectivity index (χ0n) is 9.82. The molecule has 0 radical (unpaired) electrons. The molecule has 1 N–H and O–H groups in total. The van der Waals surface area contributed by atoms with Crippen LogP contribution in [0.25, 0.3) is 0 Å². The Morgan fingerprint density at radius 3 is 2.75 bits per heavy atom. The summed E-state index contributed by atoms with van der Waals surface area (Å²) < 4.78 is 0. The number of halogens is 1. The smallest absolute Gasteiger partial charge is 0.338 e. The number of hydrogen-bond acceptors (Lipinski definition) is 5. The van der Waals surface area contributed by atoms with Crippen LogP contribution in [0.2, 0.25) is 5.02 Å². The van der Waals surface area contributed by atoms with Crippen molar-refractivity contribution in [2.45, 2.75) is 9.79 Å². The second-order valence-electron chi connectivity index (χ2n) is 3.65. The minimum atomic E-state index is -1.15. The summed E-state index contributed by atoms with van der Waals surface area (Å²) in [4.78, 5) is 25.9. The summed E-state index contributed by atoms with van der Waals surface area (Å²) in [7, 11) is 0. The van der Waals surface area contributed by atoms with Crippen LogP contribution in [0.1, 0.15) is 10.4 Å². The van der Waals surface area contributed by atoms with Crippen molar-refractivity contribution in [3.05, 3.63) is 57.4 Å². The monoisotopic (exact) mass is 310 g/mol. The third-order valence-corrected chi connectivity index (χ3v) is 3.71. The first kappa shape index (κ1) is 14.3. The number of nitro benzene ring substituents is 1. The van der Waals surface area contributed by atoms with E-state index in [4.69, 9.17) is 16.7 Å². The minimum absolute atomic E-state index is 0.0215. The molecule has 0 aliphatic carbocycles. The van der Waals surface area contributed by atoms with Crippen LogP contribution >= 0.6 is 23.4 Å². The van der Waals surface area contributed by atoms with Gasteiger partial charge in [0.1, 0.15) is 0 Å². The second-order valence-corrected chi connectivity index (χ2v) is 5.17. The van der Waals surface area contributed by atoms with Crippen LogP contribution < -0.4 is 0 Å². The summed E-state index contributed by atoms with van der Waals surface area (Å²) in [6.45, 7) is 0. The molecule has 0 aliphatic rings. The third kappa shape index (κ3) is 3.06. The van der Waals surface area contributed by atoms with E-state index in [1.54, 1.807) is 0 Å². The van der Waals surface area contributed by atoms with Gasteiger partial charge in [0.25, 0.3) is 5.69 Å². The average Bonchev–Trinajstić information content (AvgIpc) is 2.38. The largest absolute Gasteiger partial charge is 0.478 e. The van der Waals surface area contributed by atoms with E-state index in [9.17, 15) is 14.9 Å². The Morgan fingerprint density at radius 2 is 2.10 bits per heavy atom. The zero-order chi connectivity index (χ0) is 14.7. The second kappa shape index (κ2) is 5.89. The van der Waals surface area contributed by atoms with Crippen LogP contribution in [0.5, 0.6) is 0 Å². The van der Waals surface area contributed by atoms with Gasteiger partial charge in [0.2, 0.25) is 0 Å². The van der Waals surface area contributed by atoms with Crippen LogP contribution in [-0.4, -0.2) is 21.0 Å². The third-order valence-electron chi connectivity index (χ3n) is 2.35. The molecule has 0 fully saturated rings. The molecule has 0 saturated heterocycles. The SMILES string of the molecule is O=C(O)c1cnccc1Sc1cc(Cl)ccc1[N+](=O)[O-]. The highest BCUT2D eigenvalue weighted by Gasteiger charge is 2.18. The molecular formula is C12H7ClN2O4S. The maximum Gasteiger partial charge on any atom is 0.338 e. The molecule has 0 bridgehead atoms. The fraction of sp³-hybridized carbons (Fsp3) is 0. The van der Waals surface area contributed by atoms with Crippen molar-refractivity contribution in [1.29, 1.82) is 0 Å². The summed E-state index contributed by atoms with van der Waals surface area (Å²) in [5.74, 6) is -1.15. The molecule has 1 heterocycles. The topological polar surface area (TPSA) is 93.3 Å². The van der Waals surface area contributed by atoms with Crippen LogP contribution in [-0.2, 0) is 0 Å². The quantitative estimate of drug-likeness (QED) is 0.686. The highest BCUT2D eigenvalue weighted by atomic mass is 35.5. The first-order valence-electron chi connectivity index (χ1n) is 5.28. The first-order valence-corrected chi connectivity index (χ1v) is 6.47. The van der Waals surface area contributed by atoms with E-state index in [1.165, 1.54) is 36.7 Å². The van der Waals surface area contributed by atoms with Crippen molar-refractivity contribution in [1.82, 2.24) is 4.98 Å². The predicted octanol–water partition coefficient (Wildman–Crippen LogP) is 3.49. The van der Waals surface area contributed by atoms with Crippen molar-refractivity contribution in [2.24, 2.45) is 0 Å². The van der Waals surface area contributed by atoms with Crippen LogP contribution in [0.4, 0.5) is 5.69 Å². The molecule has 8 heteroatoms. The molecule has 2 aromatic rings. The molecule has 1 aromatic carbocycles. The number of pyridine rings is 1. The van der Waals surface area contributed by atoms with Crippen LogP contribution in [0.3, 0.4) is 0 Å². The number of carbonyl (C=O) groups is 1. The van der Waals surface area contributed by atoms with E-state index >= 15 is 0 Å². The average molecular weight is 311 g/mol.